The SMILES string of the molecule is CC(c1ccccc1)C(O)C1CCOC2(CCCCC2)C1. The highest BCUT2D eigenvalue weighted by atomic mass is 16.5. The summed E-state index contributed by atoms with van der Waals surface area (Å²) in [6.45, 7) is 2.98. The Morgan fingerprint density at radius 3 is 2.57 bits per heavy atom. The topological polar surface area (TPSA) is 29.5 Å². The smallest absolute Gasteiger partial charge is 0.0686 e. The van der Waals surface area contributed by atoms with Gasteiger partial charge in [0.1, 0.15) is 0 Å². The van der Waals surface area contributed by atoms with E-state index in [9.17, 15) is 5.11 Å². The van der Waals surface area contributed by atoms with Gasteiger partial charge in [0.25, 0.3) is 0 Å². The summed E-state index contributed by atoms with van der Waals surface area (Å²) in [5.74, 6) is 0.585. The molecule has 2 nitrogen and oxygen atoms in total. The Labute approximate surface area is 128 Å². The maximum atomic E-state index is 10.9. The summed E-state index contributed by atoms with van der Waals surface area (Å²) in [7, 11) is 0. The van der Waals surface area contributed by atoms with E-state index in [1.54, 1.807) is 0 Å². The molecular formula is C19H28O2. The fraction of sp³-hybridized carbons (Fsp3) is 0.684. The van der Waals surface area contributed by atoms with Gasteiger partial charge in [-0.2, -0.15) is 0 Å². The summed E-state index contributed by atoms with van der Waals surface area (Å²) in [5.41, 5.74) is 1.33. The Morgan fingerprint density at radius 2 is 1.86 bits per heavy atom. The fourth-order valence-electron chi connectivity index (χ4n) is 4.26. The zero-order chi connectivity index (χ0) is 14.7. The average Bonchev–Trinajstić information content (AvgIpc) is 2.55. The van der Waals surface area contributed by atoms with Crippen molar-refractivity contribution in [3.05, 3.63) is 35.9 Å². The van der Waals surface area contributed by atoms with Gasteiger partial charge in [0.05, 0.1) is 11.7 Å². The quantitative estimate of drug-likeness (QED) is 0.899. The molecule has 0 amide bonds. The van der Waals surface area contributed by atoms with Crippen LogP contribution >= 0.6 is 0 Å². The summed E-state index contributed by atoms with van der Waals surface area (Å²) < 4.78 is 6.16. The predicted molar refractivity (Wildman–Crippen MR) is 85.4 cm³/mol. The van der Waals surface area contributed by atoms with Crippen LogP contribution in [0.5, 0.6) is 0 Å². The van der Waals surface area contributed by atoms with Gasteiger partial charge in [0.2, 0.25) is 0 Å². The van der Waals surface area contributed by atoms with Crippen LogP contribution in [0.4, 0.5) is 0 Å². The van der Waals surface area contributed by atoms with Crippen molar-refractivity contribution in [2.75, 3.05) is 6.61 Å². The Morgan fingerprint density at radius 1 is 1.14 bits per heavy atom. The molecule has 1 aliphatic heterocycles. The molecule has 0 radical (unpaired) electrons. The van der Waals surface area contributed by atoms with Crippen molar-refractivity contribution in [2.45, 2.75) is 69.5 Å². The van der Waals surface area contributed by atoms with Gasteiger partial charge in [-0.1, -0.05) is 56.5 Å². The molecule has 1 heterocycles. The largest absolute Gasteiger partial charge is 0.392 e. The second kappa shape index (κ2) is 6.50. The van der Waals surface area contributed by atoms with Gasteiger partial charge >= 0.3 is 0 Å². The van der Waals surface area contributed by atoms with Crippen LogP contribution in [0.3, 0.4) is 0 Å². The standard InChI is InChI=1S/C19H28O2/c1-15(16-8-4-2-5-9-16)18(20)17-10-13-21-19(14-17)11-6-3-7-12-19/h2,4-5,8-9,15,17-18,20H,3,6-7,10-14H2,1H3. The molecule has 1 N–H and O–H groups in total. The fourth-order valence-corrected chi connectivity index (χ4v) is 4.26. The van der Waals surface area contributed by atoms with Gasteiger partial charge in [-0.15, -0.1) is 0 Å². The van der Waals surface area contributed by atoms with Crippen molar-refractivity contribution in [3.8, 4) is 0 Å². The third kappa shape index (κ3) is 3.32. The molecule has 116 valence electrons. The van der Waals surface area contributed by atoms with Gasteiger partial charge in [-0.05, 0) is 37.2 Å². The lowest BCUT2D eigenvalue weighted by molar-refractivity contribution is -0.135. The van der Waals surface area contributed by atoms with Crippen LogP contribution in [0.1, 0.15) is 63.4 Å². The average molecular weight is 288 g/mol. The Balaban J connectivity index is 1.68. The van der Waals surface area contributed by atoms with Crippen molar-refractivity contribution in [3.63, 3.8) is 0 Å². The van der Waals surface area contributed by atoms with Crippen LogP contribution < -0.4 is 0 Å². The summed E-state index contributed by atoms with van der Waals surface area (Å²) >= 11 is 0. The lowest BCUT2D eigenvalue weighted by atomic mass is 9.72. The number of benzene rings is 1. The molecule has 1 saturated heterocycles. The van der Waals surface area contributed by atoms with Gasteiger partial charge < -0.3 is 9.84 Å². The molecule has 3 rings (SSSR count). The Hall–Kier alpha value is -0.860. The first-order valence-corrected chi connectivity index (χ1v) is 8.57. The summed E-state index contributed by atoms with van der Waals surface area (Å²) in [5, 5.41) is 10.9. The molecule has 0 aromatic heterocycles. The van der Waals surface area contributed by atoms with Crippen molar-refractivity contribution < 1.29 is 9.84 Å². The van der Waals surface area contributed by atoms with E-state index in [1.165, 1.54) is 37.7 Å². The molecule has 1 aromatic rings. The van der Waals surface area contributed by atoms with E-state index in [2.05, 4.69) is 31.2 Å². The lowest BCUT2D eigenvalue weighted by Crippen LogP contribution is -2.45. The maximum Gasteiger partial charge on any atom is 0.0686 e. The Bertz CT molecular complexity index is 431. The molecule has 21 heavy (non-hydrogen) atoms. The highest BCUT2D eigenvalue weighted by molar-refractivity contribution is 5.20. The van der Waals surface area contributed by atoms with Gasteiger partial charge in [0, 0.05) is 12.5 Å². The highest BCUT2D eigenvalue weighted by Gasteiger charge is 2.41. The number of ether oxygens (including phenoxy) is 1. The molecule has 3 unspecified atom stereocenters. The van der Waals surface area contributed by atoms with E-state index in [1.807, 2.05) is 6.07 Å². The van der Waals surface area contributed by atoms with Gasteiger partial charge in [0.15, 0.2) is 0 Å². The maximum absolute atomic E-state index is 10.9. The highest BCUT2D eigenvalue weighted by Crippen LogP contribution is 2.43. The number of hydrogen-bond acceptors (Lipinski definition) is 2. The van der Waals surface area contributed by atoms with Crippen LogP contribution in [-0.2, 0) is 4.74 Å². The zero-order valence-electron chi connectivity index (χ0n) is 13.1. The molecule has 1 spiro atoms. The normalized spacial score (nSPS) is 28.2. The minimum Gasteiger partial charge on any atom is -0.392 e. The first-order valence-electron chi connectivity index (χ1n) is 8.57. The van der Waals surface area contributed by atoms with E-state index < -0.39 is 0 Å². The molecular weight excluding hydrogens is 260 g/mol. The van der Waals surface area contributed by atoms with Gasteiger partial charge in [-0.25, -0.2) is 0 Å². The number of rotatable bonds is 3. The third-order valence-electron chi connectivity index (χ3n) is 5.62. The van der Waals surface area contributed by atoms with Crippen molar-refractivity contribution in [1.82, 2.24) is 0 Å². The number of hydrogen-bond donors (Lipinski definition) is 1. The summed E-state index contributed by atoms with van der Waals surface area (Å²) in [6, 6.07) is 10.4. The second-order valence-electron chi connectivity index (χ2n) is 7.03. The first-order chi connectivity index (χ1) is 10.2. The van der Waals surface area contributed by atoms with Crippen molar-refractivity contribution in [1.29, 1.82) is 0 Å². The van der Waals surface area contributed by atoms with Crippen molar-refractivity contribution >= 4 is 0 Å². The van der Waals surface area contributed by atoms with Crippen LogP contribution in [0, 0.1) is 5.92 Å². The van der Waals surface area contributed by atoms with E-state index in [4.69, 9.17) is 4.74 Å². The van der Waals surface area contributed by atoms with E-state index in [0.29, 0.717) is 5.92 Å². The third-order valence-corrected chi connectivity index (χ3v) is 5.62. The second-order valence-corrected chi connectivity index (χ2v) is 7.03. The van der Waals surface area contributed by atoms with Crippen LogP contribution in [0.15, 0.2) is 30.3 Å². The van der Waals surface area contributed by atoms with Crippen LogP contribution in [0.2, 0.25) is 0 Å². The molecule has 0 bridgehead atoms. The van der Waals surface area contributed by atoms with E-state index >= 15 is 0 Å². The molecule has 2 aliphatic rings. The molecule has 1 aliphatic carbocycles. The number of aliphatic hydroxyl groups is 1. The minimum absolute atomic E-state index is 0.0819. The molecule has 2 heteroatoms. The van der Waals surface area contributed by atoms with Crippen molar-refractivity contribution in [2.24, 2.45) is 5.92 Å². The van der Waals surface area contributed by atoms with E-state index in [-0.39, 0.29) is 17.6 Å². The zero-order valence-corrected chi connectivity index (χ0v) is 13.1. The van der Waals surface area contributed by atoms with Gasteiger partial charge in [-0.3, -0.25) is 0 Å². The van der Waals surface area contributed by atoms with Crippen LogP contribution in [0.25, 0.3) is 0 Å². The Kier molecular flexibility index (Phi) is 4.66. The summed E-state index contributed by atoms with van der Waals surface area (Å²) in [6.07, 6.45) is 8.10. The molecule has 2 fully saturated rings. The summed E-state index contributed by atoms with van der Waals surface area (Å²) in [4.78, 5) is 0. The molecule has 1 saturated carbocycles. The lowest BCUT2D eigenvalue weighted by Gasteiger charge is -2.45. The van der Waals surface area contributed by atoms with E-state index in [0.717, 1.165) is 19.4 Å². The minimum atomic E-state index is -0.255. The first kappa shape index (κ1) is 15.1. The number of aliphatic hydroxyl groups excluding tert-OH is 1. The molecule has 3 atom stereocenters. The van der Waals surface area contributed by atoms with Crippen LogP contribution in [-0.4, -0.2) is 23.4 Å². The monoisotopic (exact) mass is 288 g/mol. The predicted octanol–water partition coefficient (Wildman–Crippen LogP) is 4.28. The molecule has 1 aromatic carbocycles.